The smallest absolute Gasteiger partial charge is 0.238 e. The average Bonchev–Trinajstić information content (AvgIpc) is 2.97. The highest BCUT2D eigenvalue weighted by molar-refractivity contribution is 6.21. The topological polar surface area (TPSA) is 49.9 Å². The number of nitrogens with zero attached hydrogens (tertiary/aromatic N) is 2. The minimum Gasteiger partial charge on any atom is -0.378 e. The Bertz CT molecular complexity index is 719. The molecule has 0 aromatic heterocycles. The van der Waals surface area contributed by atoms with Crippen LogP contribution < -0.4 is 4.90 Å². The maximum Gasteiger partial charge on any atom is 0.238 e. The Morgan fingerprint density at radius 2 is 1.77 bits per heavy atom. The summed E-state index contributed by atoms with van der Waals surface area (Å²) in [6, 6.07) is 7.63. The molecule has 138 valence electrons. The minimum atomic E-state index is -0.238. The van der Waals surface area contributed by atoms with Crippen molar-refractivity contribution in [1.82, 2.24) is 4.90 Å². The van der Waals surface area contributed by atoms with Crippen molar-refractivity contribution in [3.05, 3.63) is 41.6 Å². The molecule has 5 heteroatoms. The standard InChI is InChI=1S/C21H26N2O3/c1-15-6-8-16(9-7-15)23-20(24)14-18(21(23)25)17-4-2-3-5-19(17)22-10-12-26-13-11-22/h5-9,17-18H,2-4,10-14H2,1H3/t17-,18+/m1/s1. The fraction of sp³-hybridized carbons (Fsp3) is 0.524. The Kier molecular flexibility index (Phi) is 4.81. The molecule has 0 N–H and O–H groups in total. The number of ether oxygens (including phenoxy) is 1. The lowest BCUT2D eigenvalue weighted by Crippen LogP contribution is -2.41. The van der Waals surface area contributed by atoms with Crippen LogP contribution in [0.3, 0.4) is 0 Å². The number of hydrogen-bond acceptors (Lipinski definition) is 4. The van der Waals surface area contributed by atoms with Gasteiger partial charge in [-0.3, -0.25) is 14.5 Å². The molecule has 0 bridgehead atoms. The van der Waals surface area contributed by atoms with E-state index < -0.39 is 0 Å². The van der Waals surface area contributed by atoms with E-state index in [2.05, 4.69) is 11.0 Å². The van der Waals surface area contributed by atoms with Gasteiger partial charge in [0.15, 0.2) is 0 Å². The first-order chi connectivity index (χ1) is 12.6. The van der Waals surface area contributed by atoms with Crippen molar-refractivity contribution in [2.45, 2.75) is 32.6 Å². The molecule has 3 aliphatic rings. The molecule has 2 saturated heterocycles. The van der Waals surface area contributed by atoms with E-state index >= 15 is 0 Å². The van der Waals surface area contributed by atoms with Crippen LogP contribution >= 0.6 is 0 Å². The van der Waals surface area contributed by atoms with Gasteiger partial charge in [-0.2, -0.15) is 0 Å². The zero-order valence-corrected chi connectivity index (χ0v) is 15.3. The number of carbonyl (C=O) groups excluding carboxylic acids is 2. The lowest BCUT2D eigenvalue weighted by atomic mass is 9.80. The summed E-state index contributed by atoms with van der Waals surface area (Å²) in [5, 5.41) is 0. The van der Waals surface area contributed by atoms with Crippen LogP contribution in [0, 0.1) is 18.8 Å². The number of carbonyl (C=O) groups is 2. The minimum absolute atomic E-state index is 0.0371. The van der Waals surface area contributed by atoms with E-state index in [1.165, 1.54) is 10.6 Å². The Balaban J connectivity index is 1.57. The van der Waals surface area contributed by atoms with Crippen molar-refractivity contribution in [3.8, 4) is 0 Å². The van der Waals surface area contributed by atoms with Crippen LogP contribution in [-0.2, 0) is 14.3 Å². The van der Waals surface area contributed by atoms with E-state index in [0.29, 0.717) is 12.1 Å². The Morgan fingerprint density at radius 1 is 1.04 bits per heavy atom. The average molecular weight is 354 g/mol. The van der Waals surface area contributed by atoms with Gasteiger partial charge >= 0.3 is 0 Å². The summed E-state index contributed by atoms with van der Waals surface area (Å²) in [7, 11) is 0. The van der Waals surface area contributed by atoms with Crippen LogP contribution in [-0.4, -0.2) is 43.0 Å². The molecule has 2 atom stereocenters. The summed E-state index contributed by atoms with van der Waals surface area (Å²) < 4.78 is 5.48. The van der Waals surface area contributed by atoms with Crippen molar-refractivity contribution >= 4 is 17.5 Å². The molecule has 1 aromatic carbocycles. The second-order valence-corrected chi connectivity index (χ2v) is 7.48. The van der Waals surface area contributed by atoms with Gasteiger partial charge in [-0.1, -0.05) is 23.8 Å². The van der Waals surface area contributed by atoms with E-state index in [4.69, 9.17) is 4.74 Å². The number of allylic oxidation sites excluding steroid dienone is 2. The van der Waals surface area contributed by atoms with Gasteiger partial charge in [-0.15, -0.1) is 0 Å². The van der Waals surface area contributed by atoms with Gasteiger partial charge in [0.2, 0.25) is 11.8 Å². The van der Waals surface area contributed by atoms with Crippen molar-refractivity contribution in [3.63, 3.8) is 0 Å². The third kappa shape index (κ3) is 3.16. The molecule has 5 nitrogen and oxygen atoms in total. The molecular formula is C21H26N2O3. The summed E-state index contributed by atoms with van der Waals surface area (Å²) in [4.78, 5) is 29.6. The molecule has 0 saturated carbocycles. The van der Waals surface area contributed by atoms with Gasteiger partial charge in [0.05, 0.1) is 24.8 Å². The molecule has 2 aliphatic heterocycles. The highest BCUT2D eigenvalue weighted by Crippen LogP contribution is 2.40. The number of anilines is 1. The lowest BCUT2D eigenvalue weighted by molar-refractivity contribution is -0.123. The van der Waals surface area contributed by atoms with Gasteiger partial charge in [0, 0.05) is 31.1 Å². The predicted molar refractivity (Wildman–Crippen MR) is 99.6 cm³/mol. The summed E-state index contributed by atoms with van der Waals surface area (Å²) in [5.74, 6) is -0.201. The second-order valence-electron chi connectivity index (χ2n) is 7.48. The fourth-order valence-electron chi connectivity index (χ4n) is 4.41. The Hall–Kier alpha value is -2.14. The van der Waals surface area contributed by atoms with Gasteiger partial charge in [-0.25, -0.2) is 0 Å². The molecule has 0 unspecified atom stereocenters. The van der Waals surface area contributed by atoms with E-state index in [1.807, 2.05) is 31.2 Å². The first-order valence-corrected chi connectivity index (χ1v) is 9.61. The number of benzene rings is 1. The van der Waals surface area contributed by atoms with E-state index in [1.54, 1.807) is 0 Å². The molecular weight excluding hydrogens is 328 g/mol. The number of imide groups is 1. The summed E-state index contributed by atoms with van der Waals surface area (Å²) in [6.45, 7) is 5.22. The van der Waals surface area contributed by atoms with E-state index in [0.717, 1.165) is 51.1 Å². The maximum atomic E-state index is 13.2. The molecule has 4 rings (SSSR count). The molecule has 1 aromatic rings. The van der Waals surface area contributed by atoms with Gasteiger partial charge < -0.3 is 9.64 Å². The van der Waals surface area contributed by atoms with Crippen molar-refractivity contribution < 1.29 is 14.3 Å². The third-order valence-electron chi connectivity index (χ3n) is 5.79. The van der Waals surface area contributed by atoms with Crippen LogP contribution in [0.4, 0.5) is 5.69 Å². The quantitative estimate of drug-likeness (QED) is 0.783. The lowest BCUT2D eigenvalue weighted by Gasteiger charge is -2.38. The number of rotatable bonds is 3. The molecule has 2 fully saturated rings. The van der Waals surface area contributed by atoms with Gasteiger partial charge in [0.1, 0.15) is 0 Å². The van der Waals surface area contributed by atoms with Crippen LogP contribution in [0.5, 0.6) is 0 Å². The predicted octanol–water partition coefficient (Wildman–Crippen LogP) is 2.89. The normalized spacial score (nSPS) is 27.0. The SMILES string of the molecule is Cc1ccc(N2C(=O)C[C@@H]([C@H]3CCCC=C3N3CCOCC3)C2=O)cc1. The van der Waals surface area contributed by atoms with E-state index in [9.17, 15) is 9.59 Å². The summed E-state index contributed by atoms with van der Waals surface area (Å²) in [6.07, 6.45) is 5.72. The third-order valence-corrected chi connectivity index (χ3v) is 5.79. The molecule has 2 amide bonds. The molecule has 0 spiro atoms. The Morgan fingerprint density at radius 3 is 2.50 bits per heavy atom. The monoisotopic (exact) mass is 354 g/mol. The molecule has 2 heterocycles. The van der Waals surface area contributed by atoms with Crippen molar-refractivity contribution in [2.75, 3.05) is 31.2 Å². The number of morpholine rings is 1. The molecule has 1 aliphatic carbocycles. The van der Waals surface area contributed by atoms with Crippen LogP contribution in [0.1, 0.15) is 31.2 Å². The second kappa shape index (κ2) is 7.23. The number of hydrogen-bond donors (Lipinski definition) is 0. The van der Waals surface area contributed by atoms with Gasteiger partial charge in [-0.05, 0) is 38.3 Å². The van der Waals surface area contributed by atoms with Crippen molar-refractivity contribution in [2.24, 2.45) is 11.8 Å². The van der Waals surface area contributed by atoms with E-state index in [-0.39, 0.29) is 23.7 Å². The fourth-order valence-corrected chi connectivity index (χ4v) is 4.41. The van der Waals surface area contributed by atoms with Crippen LogP contribution in [0.15, 0.2) is 36.0 Å². The molecule has 0 radical (unpaired) electrons. The highest BCUT2D eigenvalue weighted by atomic mass is 16.5. The largest absolute Gasteiger partial charge is 0.378 e. The van der Waals surface area contributed by atoms with Crippen LogP contribution in [0.25, 0.3) is 0 Å². The first-order valence-electron chi connectivity index (χ1n) is 9.61. The zero-order valence-electron chi connectivity index (χ0n) is 15.3. The number of amides is 2. The summed E-state index contributed by atoms with van der Waals surface area (Å²) in [5.41, 5.74) is 3.08. The van der Waals surface area contributed by atoms with Gasteiger partial charge in [0.25, 0.3) is 0 Å². The molecule has 26 heavy (non-hydrogen) atoms. The highest BCUT2D eigenvalue weighted by Gasteiger charge is 2.45. The van der Waals surface area contributed by atoms with Crippen LogP contribution in [0.2, 0.25) is 0 Å². The zero-order chi connectivity index (χ0) is 18.1. The first kappa shape index (κ1) is 17.3. The van der Waals surface area contributed by atoms with Crippen molar-refractivity contribution in [1.29, 1.82) is 0 Å². The Labute approximate surface area is 154 Å². The maximum absolute atomic E-state index is 13.2. The summed E-state index contributed by atoms with van der Waals surface area (Å²) >= 11 is 0. The number of aryl methyl sites for hydroxylation is 1.